The number of nitrogens with zero attached hydrogens (tertiary/aromatic N) is 1. The Kier molecular flexibility index (Phi) is 2.80. The molecule has 0 N–H and O–H groups in total. The molecule has 0 unspecified atom stereocenters. The van der Waals surface area contributed by atoms with E-state index < -0.39 is 10.3 Å². The zero-order valence-electron chi connectivity index (χ0n) is 9.58. The highest BCUT2D eigenvalue weighted by atomic mass is 35.5. The van der Waals surface area contributed by atoms with Crippen molar-refractivity contribution in [3.63, 3.8) is 0 Å². The standard InChI is InChI=1S/C13H8ClNO3S/c14-10-6-7-12-11(8-10)13(15-19(16,17)18-12)9-4-2-1-3-5-9/h1-8H. The van der Waals surface area contributed by atoms with E-state index in [9.17, 15) is 8.42 Å². The Morgan fingerprint density at radius 1 is 1.05 bits per heavy atom. The second kappa shape index (κ2) is 4.36. The summed E-state index contributed by atoms with van der Waals surface area (Å²) >= 11 is 5.94. The van der Waals surface area contributed by atoms with Crippen molar-refractivity contribution in [2.24, 2.45) is 4.40 Å². The Labute approximate surface area is 115 Å². The third kappa shape index (κ3) is 2.34. The zero-order chi connectivity index (χ0) is 13.5. The number of hydrogen-bond donors (Lipinski definition) is 0. The number of benzene rings is 2. The van der Waals surface area contributed by atoms with Crippen LogP contribution in [-0.2, 0) is 10.3 Å². The van der Waals surface area contributed by atoms with Gasteiger partial charge in [0.1, 0.15) is 0 Å². The second-order valence-corrected chi connectivity index (χ2v) is 5.60. The van der Waals surface area contributed by atoms with Crippen molar-refractivity contribution in [2.75, 3.05) is 0 Å². The van der Waals surface area contributed by atoms with Crippen LogP contribution in [-0.4, -0.2) is 14.1 Å². The van der Waals surface area contributed by atoms with E-state index in [2.05, 4.69) is 4.40 Å². The lowest BCUT2D eigenvalue weighted by Crippen LogP contribution is -2.19. The van der Waals surface area contributed by atoms with E-state index in [1.807, 2.05) is 18.2 Å². The summed E-state index contributed by atoms with van der Waals surface area (Å²) in [6, 6.07) is 13.8. The first-order valence-electron chi connectivity index (χ1n) is 5.45. The van der Waals surface area contributed by atoms with Crippen molar-refractivity contribution in [3.05, 3.63) is 64.7 Å². The molecule has 0 bridgehead atoms. The molecule has 1 aliphatic rings. The molecule has 0 fully saturated rings. The number of rotatable bonds is 1. The van der Waals surface area contributed by atoms with Crippen LogP contribution in [0.3, 0.4) is 0 Å². The van der Waals surface area contributed by atoms with Crippen LogP contribution in [0.1, 0.15) is 11.1 Å². The molecule has 0 amide bonds. The Balaban J connectivity index is 2.28. The smallest absolute Gasteiger partial charge is 0.365 e. The lowest BCUT2D eigenvalue weighted by Gasteiger charge is -2.17. The van der Waals surface area contributed by atoms with Gasteiger partial charge in [0.2, 0.25) is 0 Å². The van der Waals surface area contributed by atoms with Gasteiger partial charge in [0.25, 0.3) is 0 Å². The highest BCUT2D eigenvalue weighted by Gasteiger charge is 2.26. The van der Waals surface area contributed by atoms with E-state index in [0.29, 0.717) is 21.9 Å². The third-order valence-corrected chi connectivity index (χ3v) is 3.67. The van der Waals surface area contributed by atoms with Gasteiger partial charge in [-0.25, -0.2) is 0 Å². The van der Waals surface area contributed by atoms with E-state index >= 15 is 0 Å². The molecule has 0 aromatic heterocycles. The second-order valence-electron chi connectivity index (χ2n) is 3.96. The summed E-state index contributed by atoms with van der Waals surface area (Å²) in [7, 11) is -3.96. The highest BCUT2D eigenvalue weighted by molar-refractivity contribution is 7.86. The first kappa shape index (κ1) is 12.2. The normalized spacial score (nSPS) is 16.2. The van der Waals surface area contributed by atoms with Gasteiger partial charge < -0.3 is 4.18 Å². The van der Waals surface area contributed by atoms with Crippen LogP contribution in [0.4, 0.5) is 0 Å². The molecule has 6 heteroatoms. The molecule has 0 aliphatic carbocycles. The first-order chi connectivity index (χ1) is 9.05. The van der Waals surface area contributed by atoms with Gasteiger partial charge in [0.15, 0.2) is 5.75 Å². The lowest BCUT2D eigenvalue weighted by atomic mass is 10.0. The summed E-state index contributed by atoms with van der Waals surface area (Å²) in [5, 5.41) is 0.491. The molecule has 0 spiro atoms. The molecule has 2 aromatic carbocycles. The lowest BCUT2D eigenvalue weighted by molar-refractivity contribution is 0.485. The third-order valence-electron chi connectivity index (χ3n) is 2.64. The van der Waals surface area contributed by atoms with E-state index in [1.54, 1.807) is 24.3 Å². The van der Waals surface area contributed by atoms with Gasteiger partial charge in [0.05, 0.1) is 5.71 Å². The van der Waals surface area contributed by atoms with E-state index in [1.165, 1.54) is 6.07 Å². The first-order valence-corrected chi connectivity index (χ1v) is 7.19. The van der Waals surface area contributed by atoms with Gasteiger partial charge in [-0.05, 0) is 18.2 Å². The highest BCUT2D eigenvalue weighted by Crippen LogP contribution is 2.31. The molecule has 0 atom stereocenters. The van der Waals surface area contributed by atoms with Crippen LogP contribution in [0.25, 0.3) is 0 Å². The SMILES string of the molecule is O=S1(=O)N=C(c2ccccc2)c2cc(Cl)ccc2O1. The van der Waals surface area contributed by atoms with Gasteiger partial charge in [-0.15, -0.1) is 4.40 Å². The van der Waals surface area contributed by atoms with Crippen LogP contribution in [0.2, 0.25) is 5.02 Å². The monoisotopic (exact) mass is 293 g/mol. The molecule has 4 nitrogen and oxygen atoms in total. The van der Waals surface area contributed by atoms with E-state index in [-0.39, 0.29) is 5.75 Å². The predicted octanol–water partition coefficient (Wildman–Crippen LogP) is 2.81. The van der Waals surface area contributed by atoms with Crippen LogP contribution in [0.15, 0.2) is 52.9 Å². The van der Waals surface area contributed by atoms with E-state index in [4.69, 9.17) is 15.8 Å². The maximum absolute atomic E-state index is 11.6. The van der Waals surface area contributed by atoms with Crippen molar-refractivity contribution in [1.82, 2.24) is 0 Å². The molecule has 0 saturated carbocycles. The molecule has 1 aliphatic heterocycles. The number of fused-ring (bicyclic) bond motifs is 1. The summed E-state index contributed by atoms with van der Waals surface area (Å²) in [6.07, 6.45) is 0. The van der Waals surface area contributed by atoms with Crippen LogP contribution in [0.5, 0.6) is 5.75 Å². The molecular formula is C13H8ClNO3S. The van der Waals surface area contributed by atoms with Crippen molar-refractivity contribution >= 4 is 27.6 Å². The van der Waals surface area contributed by atoms with Gasteiger partial charge in [-0.2, -0.15) is 8.42 Å². The quantitative estimate of drug-likeness (QED) is 0.812. The average Bonchev–Trinajstić information content (AvgIpc) is 2.39. The average molecular weight is 294 g/mol. The van der Waals surface area contributed by atoms with Crippen molar-refractivity contribution in [2.45, 2.75) is 0 Å². The minimum Gasteiger partial charge on any atom is -0.365 e. The Morgan fingerprint density at radius 2 is 1.79 bits per heavy atom. The largest absolute Gasteiger partial charge is 0.429 e. The predicted molar refractivity (Wildman–Crippen MR) is 73.1 cm³/mol. The molecule has 2 aromatic rings. The Morgan fingerprint density at radius 3 is 2.53 bits per heavy atom. The maximum Gasteiger partial charge on any atom is 0.429 e. The molecule has 0 radical (unpaired) electrons. The summed E-state index contributed by atoms with van der Waals surface area (Å²) in [5.41, 5.74) is 1.59. The molecule has 96 valence electrons. The summed E-state index contributed by atoms with van der Waals surface area (Å²) in [6.45, 7) is 0. The Bertz CT molecular complexity index is 770. The molecule has 0 saturated heterocycles. The molecule has 3 rings (SSSR count). The van der Waals surface area contributed by atoms with Gasteiger partial charge in [0, 0.05) is 16.1 Å². The van der Waals surface area contributed by atoms with Crippen LogP contribution < -0.4 is 4.18 Å². The van der Waals surface area contributed by atoms with E-state index in [0.717, 1.165) is 0 Å². The fourth-order valence-corrected chi connectivity index (χ4v) is 2.87. The van der Waals surface area contributed by atoms with Crippen molar-refractivity contribution in [1.29, 1.82) is 0 Å². The van der Waals surface area contributed by atoms with Gasteiger partial charge in [-0.3, -0.25) is 0 Å². The molecule has 1 heterocycles. The van der Waals surface area contributed by atoms with Gasteiger partial charge >= 0.3 is 10.3 Å². The zero-order valence-corrected chi connectivity index (χ0v) is 11.1. The van der Waals surface area contributed by atoms with Crippen LogP contribution >= 0.6 is 11.6 Å². The minimum atomic E-state index is -3.96. The Hall–Kier alpha value is -1.85. The fourth-order valence-electron chi connectivity index (χ4n) is 1.86. The topological polar surface area (TPSA) is 55.7 Å². The van der Waals surface area contributed by atoms with Crippen molar-refractivity contribution < 1.29 is 12.6 Å². The summed E-state index contributed by atoms with van der Waals surface area (Å²) in [4.78, 5) is 0. The molecule has 19 heavy (non-hydrogen) atoms. The number of hydrogen-bond acceptors (Lipinski definition) is 3. The maximum atomic E-state index is 11.6. The van der Waals surface area contributed by atoms with Crippen molar-refractivity contribution in [3.8, 4) is 5.75 Å². The molecular weight excluding hydrogens is 286 g/mol. The number of halogens is 1. The summed E-state index contributed by atoms with van der Waals surface area (Å²) in [5.74, 6) is 0.234. The summed E-state index contributed by atoms with van der Waals surface area (Å²) < 4.78 is 31.8. The minimum absolute atomic E-state index is 0.234. The van der Waals surface area contributed by atoms with Crippen LogP contribution in [0, 0.1) is 0 Å². The van der Waals surface area contributed by atoms with Gasteiger partial charge in [-0.1, -0.05) is 41.9 Å². The fraction of sp³-hybridized carbons (Fsp3) is 0.